The Hall–Kier alpha value is -1.39. The van der Waals surface area contributed by atoms with Crippen molar-refractivity contribution in [1.29, 1.82) is 0 Å². The van der Waals surface area contributed by atoms with Gasteiger partial charge in [-0.15, -0.1) is 0 Å². The number of rotatable bonds is 5. The number of imidazole rings is 1. The van der Waals surface area contributed by atoms with Gasteiger partial charge in [0.15, 0.2) is 0 Å². The lowest BCUT2D eigenvalue weighted by atomic mass is 9.83. The standard InChI is InChI=1S/C19H30N4/c1-4-23-18-8-6-5-7-17(18)21-19(23)16(13-20)15-9-11-22(12-10-15)14(2)3/h5-8,14-16H,4,9-13,20H2,1-3H3. The van der Waals surface area contributed by atoms with Gasteiger partial charge in [0.25, 0.3) is 0 Å². The quantitative estimate of drug-likeness (QED) is 0.922. The second-order valence-corrected chi connectivity index (χ2v) is 7.01. The first-order chi connectivity index (χ1) is 11.2. The summed E-state index contributed by atoms with van der Waals surface area (Å²) in [6.07, 6.45) is 2.46. The van der Waals surface area contributed by atoms with Crippen LogP contribution in [0.15, 0.2) is 24.3 Å². The van der Waals surface area contributed by atoms with Crippen molar-refractivity contribution in [2.75, 3.05) is 19.6 Å². The molecule has 3 rings (SSSR count). The first-order valence-corrected chi connectivity index (χ1v) is 9.05. The smallest absolute Gasteiger partial charge is 0.114 e. The number of benzene rings is 1. The van der Waals surface area contributed by atoms with Crippen molar-refractivity contribution in [3.8, 4) is 0 Å². The van der Waals surface area contributed by atoms with E-state index in [0.29, 0.717) is 24.4 Å². The lowest BCUT2D eigenvalue weighted by Crippen LogP contribution is -2.41. The molecule has 126 valence electrons. The Morgan fingerprint density at radius 1 is 1.22 bits per heavy atom. The van der Waals surface area contributed by atoms with Crippen LogP contribution >= 0.6 is 0 Å². The Balaban J connectivity index is 1.87. The van der Waals surface area contributed by atoms with Gasteiger partial charge in [-0.05, 0) is 64.8 Å². The third-order valence-electron chi connectivity index (χ3n) is 5.46. The molecule has 0 bridgehead atoms. The van der Waals surface area contributed by atoms with E-state index in [-0.39, 0.29) is 0 Å². The number of hydrogen-bond acceptors (Lipinski definition) is 3. The number of hydrogen-bond donors (Lipinski definition) is 1. The molecule has 2 aromatic rings. The molecule has 0 saturated carbocycles. The highest BCUT2D eigenvalue weighted by molar-refractivity contribution is 5.76. The summed E-state index contributed by atoms with van der Waals surface area (Å²) >= 11 is 0. The average molecular weight is 314 g/mol. The maximum atomic E-state index is 6.21. The van der Waals surface area contributed by atoms with Crippen molar-refractivity contribution in [1.82, 2.24) is 14.5 Å². The predicted molar refractivity (Wildman–Crippen MR) is 96.6 cm³/mol. The van der Waals surface area contributed by atoms with Gasteiger partial charge in [-0.1, -0.05) is 12.1 Å². The fourth-order valence-electron chi connectivity index (χ4n) is 4.06. The Morgan fingerprint density at radius 2 is 1.91 bits per heavy atom. The van der Waals surface area contributed by atoms with Crippen molar-refractivity contribution >= 4 is 11.0 Å². The van der Waals surface area contributed by atoms with Crippen LogP contribution in [-0.2, 0) is 6.54 Å². The van der Waals surface area contributed by atoms with E-state index in [1.165, 1.54) is 37.3 Å². The zero-order valence-corrected chi connectivity index (χ0v) is 14.7. The van der Waals surface area contributed by atoms with E-state index >= 15 is 0 Å². The van der Waals surface area contributed by atoms with Gasteiger partial charge in [-0.25, -0.2) is 4.98 Å². The molecular weight excluding hydrogens is 284 g/mol. The molecule has 0 aliphatic carbocycles. The molecule has 1 unspecified atom stereocenters. The van der Waals surface area contributed by atoms with Gasteiger partial charge < -0.3 is 15.2 Å². The molecule has 0 spiro atoms. The summed E-state index contributed by atoms with van der Waals surface area (Å²) in [5.41, 5.74) is 8.55. The van der Waals surface area contributed by atoms with Crippen molar-refractivity contribution in [3.63, 3.8) is 0 Å². The largest absolute Gasteiger partial charge is 0.330 e. The van der Waals surface area contributed by atoms with Crippen molar-refractivity contribution in [2.45, 2.75) is 52.1 Å². The Bertz CT molecular complexity index is 638. The summed E-state index contributed by atoms with van der Waals surface area (Å²) in [4.78, 5) is 7.53. The summed E-state index contributed by atoms with van der Waals surface area (Å²) in [6.45, 7) is 10.8. The Labute approximate surface area is 139 Å². The monoisotopic (exact) mass is 314 g/mol. The maximum absolute atomic E-state index is 6.21. The third-order valence-corrected chi connectivity index (χ3v) is 5.46. The van der Waals surface area contributed by atoms with Crippen LogP contribution in [0.1, 0.15) is 45.4 Å². The number of aryl methyl sites for hydroxylation is 1. The Morgan fingerprint density at radius 3 is 2.52 bits per heavy atom. The highest BCUT2D eigenvalue weighted by atomic mass is 15.2. The summed E-state index contributed by atoms with van der Waals surface area (Å²) in [6, 6.07) is 9.09. The number of aromatic nitrogens is 2. The van der Waals surface area contributed by atoms with Gasteiger partial charge in [0.2, 0.25) is 0 Å². The van der Waals surface area contributed by atoms with Crippen molar-refractivity contribution in [3.05, 3.63) is 30.1 Å². The molecule has 1 fully saturated rings. The number of likely N-dealkylation sites (tertiary alicyclic amines) is 1. The second-order valence-electron chi connectivity index (χ2n) is 7.01. The van der Waals surface area contributed by atoms with Crippen molar-refractivity contribution in [2.24, 2.45) is 11.7 Å². The van der Waals surface area contributed by atoms with Gasteiger partial charge in [-0.3, -0.25) is 0 Å². The third kappa shape index (κ3) is 3.15. The maximum Gasteiger partial charge on any atom is 0.114 e. The number of fused-ring (bicyclic) bond motifs is 1. The normalized spacial score (nSPS) is 18.8. The van der Waals surface area contributed by atoms with E-state index < -0.39 is 0 Å². The molecule has 4 heteroatoms. The highest BCUT2D eigenvalue weighted by Gasteiger charge is 2.30. The van der Waals surface area contributed by atoms with E-state index in [4.69, 9.17) is 10.7 Å². The molecule has 4 nitrogen and oxygen atoms in total. The van der Waals surface area contributed by atoms with E-state index in [1.807, 2.05) is 0 Å². The first-order valence-electron chi connectivity index (χ1n) is 9.05. The van der Waals surface area contributed by atoms with Gasteiger partial charge in [0.1, 0.15) is 5.82 Å². The molecule has 1 saturated heterocycles. The average Bonchev–Trinajstić information content (AvgIpc) is 2.94. The highest BCUT2D eigenvalue weighted by Crippen LogP contribution is 2.33. The lowest BCUT2D eigenvalue weighted by Gasteiger charge is -2.37. The summed E-state index contributed by atoms with van der Waals surface area (Å²) in [5.74, 6) is 2.22. The SMILES string of the molecule is CCn1c(C(CN)C2CCN(C(C)C)CC2)nc2ccccc21. The minimum Gasteiger partial charge on any atom is -0.330 e. The van der Waals surface area contributed by atoms with Crippen LogP contribution in [0.5, 0.6) is 0 Å². The molecular formula is C19H30N4. The molecule has 23 heavy (non-hydrogen) atoms. The van der Waals surface area contributed by atoms with Crippen LogP contribution in [0, 0.1) is 5.92 Å². The molecule has 1 atom stereocenters. The number of piperidine rings is 1. The van der Waals surface area contributed by atoms with Crippen molar-refractivity contribution < 1.29 is 0 Å². The van der Waals surface area contributed by atoms with E-state index in [1.54, 1.807) is 0 Å². The van der Waals surface area contributed by atoms with Gasteiger partial charge in [0, 0.05) is 25.0 Å². The molecule has 2 N–H and O–H groups in total. The summed E-state index contributed by atoms with van der Waals surface area (Å²) in [7, 11) is 0. The fourth-order valence-corrected chi connectivity index (χ4v) is 4.06. The van der Waals surface area contributed by atoms with Crippen LogP contribution < -0.4 is 5.73 Å². The summed E-state index contributed by atoms with van der Waals surface area (Å²) in [5, 5.41) is 0. The summed E-state index contributed by atoms with van der Waals surface area (Å²) < 4.78 is 2.36. The van der Waals surface area contributed by atoms with Crippen LogP contribution in [0.25, 0.3) is 11.0 Å². The van der Waals surface area contributed by atoms with Crippen LogP contribution in [0.2, 0.25) is 0 Å². The van der Waals surface area contributed by atoms with Gasteiger partial charge in [-0.2, -0.15) is 0 Å². The molecule has 2 heterocycles. The number of nitrogens with two attached hydrogens (primary N) is 1. The molecule has 1 aromatic heterocycles. The van der Waals surface area contributed by atoms with Crippen LogP contribution in [0.4, 0.5) is 0 Å². The van der Waals surface area contributed by atoms with E-state index in [9.17, 15) is 0 Å². The first kappa shape index (κ1) is 16.5. The Kier molecular flexibility index (Phi) is 5.02. The molecule has 1 aliphatic heterocycles. The minimum atomic E-state index is 0.372. The molecule has 0 amide bonds. The van der Waals surface area contributed by atoms with E-state index in [2.05, 4.69) is 54.5 Å². The molecule has 1 aliphatic rings. The van der Waals surface area contributed by atoms with Gasteiger partial charge in [0.05, 0.1) is 11.0 Å². The number of para-hydroxylation sites is 2. The topological polar surface area (TPSA) is 47.1 Å². The fraction of sp³-hybridized carbons (Fsp3) is 0.632. The zero-order chi connectivity index (χ0) is 16.4. The molecule has 0 radical (unpaired) electrons. The molecule has 1 aromatic carbocycles. The van der Waals surface area contributed by atoms with Crippen LogP contribution in [0.3, 0.4) is 0 Å². The second kappa shape index (κ2) is 7.02. The predicted octanol–water partition coefficient (Wildman–Crippen LogP) is 3.22. The van der Waals surface area contributed by atoms with E-state index in [0.717, 1.165) is 12.1 Å². The van der Waals surface area contributed by atoms with Crippen LogP contribution in [-0.4, -0.2) is 40.1 Å². The zero-order valence-electron chi connectivity index (χ0n) is 14.7. The lowest BCUT2D eigenvalue weighted by molar-refractivity contribution is 0.136. The number of nitrogens with zero attached hydrogens (tertiary/aromatic N) is 3. The van der Waals surface area contributed by atoms with Gasteiger partial charge >= 0.3 is 0 Å². The minimum absolute atomic E-state index is 0.372.